The molecule has 0 atom stereocenters. The van der Waals surface area contributed by atoms with E-state index >= 15 is 0 Å². The van der Waals surface area contributed by atoms with E-state index in [4.69, 9.17) is 0 Å². The van der Waals surface area contributed by atoms with Crippen LogP contribution in [0.15, 0.2) is 72.8 Å². The number of benzene rings is 3. The molecule has 0 bridgehead atoms. The lowest BCUT2D eigenvalue weighted by Crippen LogP contribution is -2.42. The van der Waals surface area contributed by atoms with Crippen molar-refractivity contribution >= 4 is 23.1 Å². The quantitative estimate of drug-likeness (QED) is 0.336. The zero-order valence-electron chi connectivity index (χ0n) is 17.7. The Hall–Kier alpha value is -4.07. The largest absolute Gasteiger partial charge is 0.377 e. The summed E-state index contributed by atoms with van der Waals surface area (Å²) in [7, 11) is 0. The maximum Gasteiger partial charge on any atom is 0.293 e. The molecule has 168 valence electrons. The first kappa shape index (κ1) is 22.1. The van der Waals surface area contributed by atoms with Gasteiger partial charge in [0.05, 0.1) is 10.5 Å². The zero-order chi connectivity index (χ0) is 23.4. The van der Waals surface area contributed by atoms with Crippen molar-refractivity contribution in [3.8, 4) is 0 Å². The highest BCUT2D eigenvalue weighted by Gasteiger charge is 2.27. The van der Waals surface area contributed by atoms with E-state index < -0.39 is 10.7 Å². The number of halogens is 1. The molecule has 1 amide bonds. The smallest absolute Gasteiger partial charge is 0.293 e. The SMILES string of the molecule is O=C(c1ccccc1)c1ccc(NC2CCN(C(=O)c3ccccc3F)CC2)c([N+](=O)[O-])c1. The Morgan fingerprint density at radius 3 is 2.27 bits per heavy atom. The molecule has 1 aliphatic heterocycles. The molecular weight excluding hydrogens is 425 g/mol. The maximum atomic E-state index is 13.9. The fourth-order valence-corrected chi connectivity index (χ4v) is 3.95. The van der Waals surface area contributed by atoms with Crippen LogP contribution < -0.4 is 5.32 Å². The first-order valence-electron chi connectivity index (χ1n) is 10.6. The molecule has 3 aromatic rings. The second-order valence-corrected chi connectivity index (χ2v) is 7.87. The predicted molar refractivity (Wildman–Crippen MR) is 122 cm³/mol. The van der Waals surface area contributed by atoms with Crippen molar-refractivity contribution in [2.75, 3.05) is 18.4 Å². The lowest BCUT2D eigenvalue weighted by Gasteiger charge is -2.33. The number of nitro groups is 1. The summed E-state index contributed by atoms with van der Waals surface area (Å²) in [6.07, 6.45) is 1.12. The Morgan fingerprint density at radius 1 is 0.939 bits per heavy atom. The molecule has 0 saturated carbocycles. The molecule has 8 heteroatoms. The number of piperidine rings is 1. The maximum absolute atomic E-state index is 13.9. The molecule has 1 saturated heterocycles. The summed E-state index contributed by atoms with van der Waals surface area (Å²) in [5, 5.41) is 14.9. The van der Waals surface area contributed by atoms with Gasteiger partial charge in [0.25, 0.3) is 11.6 Å². The Labute approximate surface area is 190 Å². The average Bonchev–Trinajstić information content (AvgIpc) is 2.84. The van der Waals surface area contributed by atoms with Gasteiger partial charge in [0, 0.05) is 36.3 Å². The molecule has 7 nitrogen and oxygen atoms in total. The number of nitrogens with zero attached hydrogens (tertiary/aromatic N) is 2. The first-order chi connectivity index (χ1) is 15.9. The lowest BCUT2D eigenvalue weighted by molar-refractivity contribution is -0.384. The fraction of sp³-hybridized carbons (Fsp3) is 0.200. The second-order valence-electron chi connectivity index (χ2n) is 7.87. The van der Waals surface area contributed by atoms with Gasteiger partial charge in [0.2, 0.25) is 0 Å². The van der Waals surface area contributed by atoms with Crippen molar-refractivity contribution in [3.63, 3.8) is 0 Å². The Balaban J connectivity index is 1.44. The van der Waals surface area contributed by atoms with Crippen molar-refractivity contribution in [1.29, 1.82) is 0 Å². The van der Waals surface area contributed by atoms with Gasteiger partial charge in [-0.25, -0.2) is 4.39 Å². The van der Waals surface area contributed by atoms with Crippen LogP contribution in [0.25, 0.3) is 0 Å². The number of anilines is 1. The molecule has 33 heavy (non-hydrogen) atoms. The summed E-state index contributed by atoms with van der Waals surface area (Å²) in [5.41, 5.74) is 0.881. The number of hydrogen-bond acceptors (Lipinski definition) is 5. The van der Waals surface area contributed by atoms with E-state index in [1.54, 1.807) is 53.4 Å². The topological polar surface area (TPSA) is 92.6 Å². The van der Waals surface area contributed by atoms with Crippen LogP contribution in [0.1, 0.15) is 39.1 Å². The third-order valence-electron chi connectivity index (χ3n) is 5.74. The van der Waals surface area contributed by atoms with Crippen LogP contribution in [0.2, 0.25) is 0 Å². The van der Waals surface area contributed by atoms with Crippen molar-refractivity contribution in [2.45, 2.75) is 18.9 Å². The standard InChI is InChI=1S/C25H22FN3O4/c26-21-9-5-4-8-20(21)25(31)28-14-12-19(13-15-28)27-22-11-10-18(16-23(22)29(32)33)24(30)17-6-2-1-3-7-17/h1-11,16,19,27H,12-15H2. The van der Waals surface area contributed by atoms with Crippen molar-refractivity contribution in [3.05, 3.63) is 105 Å². The Bertz CT molecular complexity index is 1190. The normalized spacial score (nSPS) is 14.0. The number of rotatable bonds is 6. The molecule has 0 aromatic heterocycles. The van der Waals surface area contributed by atoms with Crippen LogP contribution in [-0.2, 0) is 0 Å². The average molecular weight is 447 g/mol. The number of nitrogens with one attached hydrogen (secondary N) is 1. The van der Waals surface area contributed by atoms with Crippen molar-refractivity contribution in [1.82, 2.24) is 4.90 Å². The highest BCUT2D eigenvalue weighted by Crippen LogP contribution is 2.29. The number of carbonyl (C=O) groups excluding carboxylic acids is 2. The third-order valence-corrected chi connectivity index (χ3v) is 5.74. The minimum atomic E-state index is -0.552. The Kier molecular flexibility index (Phi) is 6.44. The van der Waals surface area contributed by atoms with E-state index in [1.807, 2.05) is 0 Å². The van der Waals surface area contributed by atoms with E-state index in [0.29, 0.717) is 37.2 Å². The highest BCUT2D eigenvalue weighted by atomic mass is 19.1. The van der Waals surface area contributed by atoms with Gasteiger partial charge in [-0.3, -0.25) is 19.7 Å². The van der Waals surface area contributed by atoms with E-state index in [1.165, 1.54) is 24.3 Å². The van der Waals surface area contributed by atoms with E-state index in [9.17, 15) is 24.1 Å². The highest BCUT2D eigenvalue weighted by molar-refractivity contribution is 6.09. The van der Waals surface area contributed by atoms with Crippen LogP contribution in [0.3, 0.4) is 0 Å². The Morgan fingerprint density at radius 2 is 1.61 bits per heavy atom. The predicted octanol–water partition coefficient (Wildman–Crippen LogP) is 4.68. The molecule has 4 rings (SSSR count). The van der Waals surface area contributed by atoms with Gasteiger partial charge >= 0.3 is 0 Å². The van der Waals surface area contributed by atoms with E-state index in [2.05, 4.69) is 5.32 Å². The molecule has 1 aliphatic rings. The van der Waals surface area contributed by atoms with Crippen LogP contribution in [0.4, 0.5) is 15.8 Å². The summed E-state index contributed by atoms with van der Waals surface area (Å²) in [4.78, 5) is 38.0. The van der Waals surface area contributed by atoms with Crippen LogP contribution in [-0.4, -0.2) is 40.6 Å². The lowest BCUT2D eigenvalue weighted by atomic mass is 10.0. The van der Waals surface area contributed by atoms with Crippen molar-refractivity contribution in [2.24, 2.45) is 0 Å². The summed E-state index contributed by atoms with van der Waals surface area (Å²) in [5.74, 6) is -1.20. The third kappa shape index (κ3) is 4.90. The van der Waals surface area contributed by atoms with Gasteiger partial charge in [-0.1, -0.05) is 42.5 Å². The van der Waals surface area contributed by atoms with Gasteiger partial charge in [-0.05, 0) is 37.1 Å². The number of hydrogen-bond donors (Lipinski definition) is 1. The molecule has 0 unspecified atom stereocenters. The number of likely N-dealkylation sites (tertiary alicyclic amines) is 1. The fourth-order valence-electron chi connectivity index (χ4n) is 3.95. The van der Waals surface area contributed by atoms with Crippen LogP contribution >= 0.6 is 0 Å². The molecule has 0 spiro atoms. The summed E-state index contributed by atoms with van der Waals surface area (Å²) in [6, 6.07) is 18.8. The van der Waals surface area contributed by atoms with Gasteiger partial charge in [-0.15, -0.1) is 0 Å². The molecular formula is C25H22FN3O4. The van der Waals surface area contributed by atoms with Gasteiger partial charge in [-0.2, -0.15) is 0 Å². The number of ketones is 1. The number of amides is 1. The van der Waals surface area contributed by atoms with Gasteiger partial charge in [0.15, 0.2) is 5.78 Å². The zero-order valence-corrected chi connectivity index (χ0v) is 17.7. The molecule has 0 aliphatic carbocycles. The summed E-state index contributed by atoms with van der Waals surface area (Å²) >= 11 is 0. The monoisotopic (exact) mass is 447 g/mol. The molecule has 0 radical (unpaired) electrons. The molecule has 1 fully saturated rings. The van der Waals surface area contributed by atoms with Gasteiger partial charge < -0.3 is 10.2 Å². The van der Waals surface area contributed by atoms with E-state index in [0.717, 1.165) is 0 Å². The summed E-state index contributed by atoms with van der Waals surface area (Å²) < 4.78 is 13.9. The molecule has 1 N–H and O–H groups in total. The minimum Gasteiger partial charge on any atom is -0.377 e. The van der Waals surface area contributed by atoms with Gasteiger partial charge in [0.1, 0.15) is 11.5 Å². The number of nitro benzene ring substituents is 1. The van der Waals surface area contributed by atoms with Crippen LogP contribution in [0.5, 0.6) is 0 Å². The van der Waals surface area contributed by atoms with Crippen LogP contribution in [0, 0.1) is 15.9 Å². The first-order valence-corrected chi connectivity index (χ1v) is 10.6. The van der Waals surface area contributed by atoms with E-state index in [-0.39, 0.29) is 34.5 Å². The molecule has 3 aromatic carbocycles. The minimum absolute atomic E-state index is 0.0400. The number of carbonyl (C=O) groups is 2. The summed E-state index contributed by atoms with van der Waals surface area (Å²) in [6.45, 7) is 0.812. The van der Waals surface area contributed by atoms with Crippen molar-refractivity contribution < 1.29 is 18.9 Å². The second kappa shape index (κ2) is 9.60. The molecule has 1 heterocycles.